The fraction of sp³-hybridized carbons (Fsp3) is 0.786. The third kappa shape index (κ3) is 2.89. The van der Waals surface area contributed by atoms with Crippen LogP contribution in [0, 0.1) is 6.92 Å². The van der Waals surface area contributed by atoms with Gasteiger partial charge in [-0.2, -0.15) is 0 Å². The minimum absolute atomic E-state index is 0.536. The van der Waals surface area contributed by atoms with E-state index in [9.17, 15) is 0 Å². The van der Waals surface area contributed by atoms with E-state index < -0.39 is 0 Å². The van der Waals surface area contributed by atoms with Gasteiger partial charge in [-0.05, 0) is 52.5 Å². The number of nitrogens with zero attached hydrogens (tertiary/aromatic N) is 2. The summed E-state index contributed by atoms with van der Waals surface area (Å²) in [5, 5.41) is 3.56. The van der Waals surface area contributed by atoms with E-state index in [1.165, 1.54) is 49.3 Å². The Labute approximate surface area is 105 Å². The summed E-state index contributed by atoms with van der Waals surface area (Å²) < 4.78 is 2.43. The highest BCUT2D eigenvalue weighted by Gasteiger charge is 2.18. The van der Waals surface area contributed by atoms with Crippen LogP contribution in [0.5, 0.6) is 0 Å². The van der Waals surface area contributed by atoms with Crippen LogP contribution in [-0.2, 0) is 19.4 Å². The van der Waals surface area contributed by atoms with Gasteiger partial charge in [-0.15, -0.1) is 0 Å². The number of fused-ring (bicyclic) bond motifs is 1. The van der Waals surface area contributed by atoms with E-state index in [2.05, 4.69) is 30.7 Å². The average Bonchev–Trinajstić information content (AvgIpc) is 2.64. The Kier molecular flexibility index (Phi) is 4.21. The van der Waals surface area contributed by atoms with Gasteiger partial charge in [0.25, 0.3) is 0 Å². The molecule has 0 aromatic carbocycles. The van der Waals surface area contributed by atoms with Gasteiger partial charge in [-0.25, -0.2) is 4.98 Å². The van der Waals surface area contributed by atoms with Gasteiger partial charge in [0, 0.05) is 18.3 Å². The molecular formula is C14H25N3. The maximum atomic E-state index is 4.72. The number of rotatable bonds is 5. The molecule has 3 nitrogen and oxygen atoms in total. The van der Waals surface area contributed by atoms with Gasteiger partial charge in [-0.1, -0.05) is 6.92 Å². The molecule has 1 aromatic rings. The smallest absolute Gasteiger partial charge is 0.106 e. The van der Waals surface area contributed by atoms with Gasteiger partial charge >= 0.3 is 0 Å². The predicted molar refractivity (Wildman–Crippen MR) is 71.4 cm³/mol. The second kappa shape index (κ2) is 5.67. The zero-order chi connectivity index (χ0) is 12.3. The molecule has 0 saturated heterocycles. The first-order chi connectivity index (χ1) is 8.22. The molecule has 0 radical (unpaired) electrons. The van der Waals surface area contributed by atoms with E-state index in [1.54, 1.807) is 0 Å². The third-order valence-corrected chi connectivity index (χ3v) is 3.62. The average molecular weight is 235 g/mol. The molecule has 1 heterocycles. The molecule has 1 atom stereocenters. The molecule has 2 rings (SSSR count). The van der Waals surface area contributed by atoms with Crippen molar-refractivity contribution in [3.05, 3.63) is 17.2 Å². The van der Waals surface area contributed by atoms with E-state index in [4.69, 9.17) is 4.98 Å². The number of aromatic nitrogens is 2. The quantitative estimate of drug-likeness (QED) is 0.849. The molecule has 0 aliphatic heterocycles. The predicted octanol–water partition coefficient (Wildman–Crippen LogP) is 2.46. The van der Waals surface area contributed by atoms with E-state index in [0.717, 1.165) is 13.1 Å². The zero-order valence-corrected chi connectivity index (χ0v) is 11.4. The first kappa shape index (κ1) is 12.6. The SMILES string of the molecule is CCCNC(C)Cn1c(C)nc2c1CCCC2. The van der Waals surface area contributed by atoms with E-state index in [0.29, 0.717) is 6.04 Å². The van der Waals surface area contributed by atoms with Crippen molar-refractivity contribution in [2.45, 2.75) is 65.5 Å². The number of hydrogen-bond donors (Lipinski definition) is 1. The van der Waals surface area contributed by atoms with Crippen LogP contribution in [-0.4, -0.2) is 22.1 Å². The normalized spacial score (nSPS) is 16.9. The first-order valence-corrected chi connectivity index (χ1v) is 7.00. The van der Waals surface area contributed by atoms with Crippen LogP contribution in [0.3, 0.4) is 0 Å². The Morgan fingerprint density at radius 2 is 2.12 bits per heavy atom. The molecule has 17 heavy (non-hydrogen) atoms. The van der Waals surface area contributed by atoms with Crippen LogP contribution in [0.25, 0.3) is 0 Å². The number of nitrogens with one attached hydrogen (secondary N) is 1. The Hall–Kier alpha value is -0.830. The Balaban J connectivity index is 2.07. The highest BCUT2D eigenvalue weighted by molar-refractivity contribution is 5.20. The van der Waals surface area contributed by atoms with Crippen LogP contribution >= 0.6 is 0 Å². The van der Waals surface area contributed by atoms with Gasteiger partial charge < -0.3 is 9.88 Å². The molecule has 1 N–H and O–H groups in total. The lowest BCUT2D eigenvalue weighted by molar-refractivity contribution is 0.459. The highest BCUT2D eigenvalue weighted by atomic mass is 15.1. The van der Waals surface area contributed by atoms with Crippen LogP contribution < -0.4 is 5.32 Å². The fourth-order valence-electron chi connectivity index (χ4n) is 2.71. The molecule has 1 unspecified atom stereocenters. The van der Waals surface area contributed by atoms with Gasteiger partial charge in [0.2, 0.25) is 0 Å². The van der Waals surface area contributed by atoms with E-state index in [-0.39, 0.29) is 0 Å². The van der Waals surface area contributed by atoms with Crippen molar-refractivity contribution in [1.82, 2.24) is 14.9 Å². The Morgan fingerprint density at radius 3 is 2.88 bits per heavy atom. The molecule has 96 valence electrons. The second-order valence-corrected chi connectivity index (χ2v) is 5.23. The highest BCUT2D eigenvalue weighted by Crippen LogP contribution is 2.22. The number of aryl methyl sites for hydroxylation is 2. The maximum absolute atomic E-state index is 4.72. The molecule has 0 amide bonds. The molecule has 1 aliphatic rings. The molecule has 1 aromatic heterocycles. The minimum Gasteiger partial charge on any atom is -0.330 e. The van der Waals surface area contributed by atoms with Crippen LogP contribution in [0.15, 0.2) is 0 Å². The second-order valence-electron chi connectivity index (χ2n) is 5.23. The molecule has 0 saturated carbocycles. The molecule has 0 fully saturated rings. The van der Waals surface area contributed by atoms with Crippen molar-refractivity contribution < 1.29 is 0 Å². The van der Waals surface area contributed by atoms with Crippen molar-refractivity contribution in [3.63, 3.8) is 0 Å². The molecule has 1 aliphatic carbocycles. The molecule has 3 heteroatoms. The van der Waals surface area contributed by atoms with Crippen molar-refractivity contribution >= 4 is 0 Å². The van der Waals surface area contributed by atoms with Gasteiger partial charge in [0.05, 0.1) is 5.69 Å². The zero-order valence-electron chi connectivity index (χ0n) is 11.4. The maximum Gasteiger partial charge on any atom is 0.106 e. The number of hydrogen-bond acceptors (Lipinski definition) is 2. The summed E-state index contributed by atoms with van der Waals surface area (Å²) in [5.41, 5.74) is 2.86. The van der Waals surface area contributed by atoms with Crippen LogP contribution in [0.1, 0.15) is 50.3 Å². The summed E-state index contributed by atoms with van der Waals surface area (Å²) in [6, 6.07) is 0.536. The Morgan fingerprint density at radius 1 is 1.35 bits per heavy atom. The topological polar surface area (TPSA) is 29.9 Å². The van der Waals surface area contributed by atoms with E-state index >= 15 is 0 Å². The van der Waals surface area contributed by atoms with Gasteiger partial charge in [-0.3, -0.25) is 0 Å². The lowest BCUT2D eigenvalue weighted by atomic mass is 10.0. The first-order valence-electron chi connectivity index (χ1n) is 7.00. The van der Waals surface area contributed by atoms with Crippen molar-refractivity contribution in [2.75, 3.05) is 6.54 Å². The van der Waals surface area contributed by atoms with Crippen molar-refractivity contribution in [3.8, 4) is 0 Å². The lowest BCUT2D eigenvalue weighted by Crippen LogP contribution is -2.32. The summed E-state index contributed by atoms with van der Waals surface area (Å²) in [4.78, 5) is 4.72. The third-order valence-electron chi connectivity index (χ3n) is 3.62. The summed E-state index contributed by atoms with van der Waals surface area (Å²) in [7, 11) is 0. The molecular weight excluding hydrogens is 210 g/mol. The number of imidazole rings is 1. The summed E-state index contributed by atoms with van der Waals surface area (Å²) >= 11 is 0. The molecule has 0 bridgehead atoms. The van der Waals surface area contributed by atoms with Crippen molar-refractivity contribution in [1.29, 1.82) is 0 Å². The van der Waals surface area contributed by atoms with Gasteiger partial charge in [0.15, 0.2) is 0 Å². The standard InChI is InChI=1S/C14H25N3/c1-4-9-15-11(2)10-17-12(3)16-13-7-5-6-8-14(13)17/h11,15H,4-10H2,1-3H3. The minimum atomic E-state index is 0.536. The summed E-state index contributed by atoms with van der Waals surface area (Å²) in [5.74, 6) is 1.20. The van der Waals surface area contributed by atoms with Crippen LogP contribution in [0.2, 0.25) is 0 Å². The largest absolute Gasteiger partial charge is 0.330 e. The van der Waals surface area contributed by atoms with Crippen LogP contribution in [0.4, 0.5) is 0 Å². The van der Waals surface area contributed by atoms with Crippen molar-refractivity contribution in [2.24, 2.45) is 0 Å². The molecule has 0 spiro atoms. The van der Waals surface area contributed by atoms with Gasteiger partial charge in [0.1, 0.15) is 5.82 Å². The fourth-order valence-corrected chi connectivity index (χ4v) is 2.71. The Bertz CT molecular complexity index is 368. The summed E-state index contributed by atoms with van der Waals surface area (Å²) in [6.07, 6.45) is 6.24. The summed E-state index contributed by atoms with van der Waals surface area (Å²) in [6.45, 7) is 8.80. The van der Waals surface area contributed by atoms with E-state index in [1.807, 2.05) is 0 Å². The monoisotopic (exact) mass is 235 g/mol. The lowest BCUT2D eigenvalue weighted by Gasteiger charge is -2.19.